The Kier molecular flexibility index (Phi) is 2.70. The molecule has 2 aliphatic rings. The van der Waals surface area contributed by atoms with Gasteiger partial charge in [-0.1, -0.05) is 11.6 Å². The van der Waals surface area contributed by atoms with Crippen molar-refractivity contribution >= 4 is 0 Å². The van der Waals surface area contributed by atoms with Crippen molar-refractivity contribution in [2.24, 2.45) is 0 Å². The van der Waals surface area contributed by atoms with E-state index in [0.29, 0.717) is 6.04 Å². The number of hydrogen-bond acceptors (Lipinski definition) is 2. The number of β-amino-alcohol motifs (C(OH)–C–C–N with tert-alkyl or cyclic N) is 1. The van der Waals surface area contributed by atoms with E-state index in [1.807, 2.05) is 0 Å². The number of allylic oxidation sites excluding steroid dienone is 1. The van der Waals surface area contributed by atoms with Crippen molar-refractivity contribution < 1.29 is 5.11 Å². The predicted octanol–water partition coefficient (Wildman–Crippen LogP) is 1.55. The fraction of sp³-hybridized carbons (Fsp3) is 0.818. The molecule has 0 amide bonds. The van der Waals surface area contributed by atoms with Crippen molar-refractivity contribution in [2.45, 2.75) is 44.8 Å². The zero-order valence-corrected chi connectivity index (χ0v) is 8.37. The third-order valence-corrected chi connectivity index (χ3v) is 3.29. The first-order valence-electron chi connectivity index (χ1n) is 5.35. The Balaban J connectivity index is 1.80. The first-order valence-corrected chi connectivity index (χ1v) is 5.35. The molecule has 2 unspecified atom stereocenters. The number of aliphatic hydroxyl groups is 1. The molecule has 1 aliphatic heterocycles. The number of likely N-dealkylation sites (tertiary alicyclic amines) is 1. The van der Waals surface area contributed by atoms with E-state index >= 15 is 0 Å². The molecule has 1 aliphatic carbocycles. The minimum Gasteiger partial charge on any atom is -0.392 e. The van der Waals surface area contributed by atoms with E-state index < -0.39 is 0 Å². The molecule has 2 atom stereocenters. The summed E-state index contributed by atoms with van der Waals surface area (Å²) in [6.07, 6.45) is 7.22. The predicted molar refractivity (Wildman–Crippen MR) is 53.6 cm³/mol. The van der Waals surface area contributed by atoms with Crippen molar-refractivity contribution in [3.63, 3.8) is 0 Å². The van der Waals surface area contributed by atoms with E-state index in [2.05, 4.69) is 17.9 Å². The highest BCUT2D eigenvalue weighted by molar-refractivity contribution is 5.10. The Bertz CT molecular complexity index is 206. The summed E-state index contributed by atoms with van der Waals surface area (Å²) < 4.78 is 0. The standard InChI is InChI=1S/C11H19NO/c1-9-7-11(13)8-12(9)6-5-10-3-2-4-10/h5,9,11,13H,2-4,6-8H2,1H3. The van der Waals surface area contributed by atoms with Gasteiger partial charge in [-0.2, -0.15) is 0 Å². The summed E-state index contributed by atoms with van der Waals surface area (Å²) in [7, 11) is 0. The van der Waals surface area contributed by atoms with Gasteiger partial charge in [0.1, 0.15) is 0 Å². The van der Waals surface area contributed by atoms with Crippen LogP contribution in [-0.2, 0) is 0 Å². The monoisotopic (exact) mass is 181 g/mol. The maximum absolute atomic E-state index is 9.44. The molecule has 0 bridgehead atoms. The van der Waals surface area contributed by atoms with Crippen molar-refractivity contribution in [3.05, 3.63) is 11.6 Å². The quantitative estimate of drug-likeness (QED) is 0.653. The van der Waals surface area contributed by atoms with Gasteiger partial charge in [-0.15, -0.1) is 0 Å². The molecule has 1 saturated heterocycles. The second-order valence-corrected chi connectivity index (χ2v) is 4.41. The number of nitrogens with zero attached hydrogens (tertiary/aromatic N) is 1. The van der Waals surface area contributed by atoms with Crippen molar-refractivity contribution in [1.82, 2.24) is 4.90 Å². The summed E-state index contributed by atoms with van der Waals surface area (Å²) in [4.78, 5) is 2.37. The highest BCUT2D eigenvalue weighted by atomic mass is 16.3. The lowest BCUT2D eigenvalue weighted by atomic mass is 9.92. The van der Waals surface area contributed by atoms with Gasteiger partial charge in [0.2, 0.25) is 0 Å². The largest absolute Gasteiger partial charge is 0.392 e. The summed E-state index contributed by atoms with van der Waals surface area (Å²) in [5, 5.41) is 9.44. The third-order valence-electron chi connectivity index (χ3n) is 3.29. The van der Waals surface area contributed by atoms with Gasteiger partial charge in [-0.05, 0) is 32.6 Å². The van der Waals surface area contributed by atoms with Crippen LogP contribution in [0.3, 0.4) is 0 Å². The molecule has 2 heteroatoms. The zero-order valence-electron chi connectivity index (χ0n) is 8.37. The number of rotatable bonds is 2. The Morgan fingerprint density at radius 3 is 2.77 bits per heavy atom. The molecule has 13 heavy (non-hydrogen) atoms. The second-order valence-electron chi connectivity index (χ2n) is 4.41. The summed E-state index contributed by atoms with van der Waals surface area (Å²) in [5.74, 6) is 0. The normalized spacial score (nSPS) is 34.8. The van der Waals surface area contributed by atoms with Crippen LogP contribution in [0.5, 0.6) is 0 Å². The summed E-state index contributed by atoms with van der Waals surface area (Å²) in [5.41, 5.74) is 1.62. The lowest BCUT2D eigenvalue weighted by Gasteiger charge is -2.21. The minimum atomic E-state index is -0.0882. The molecule has 2 nitrogen and oxygen atoms in total. The molecule has 1 heterocycles. The fourth-order valence-corrected chi connectivity index (χ4v) is 2.15. The number of aliphatic hydroxyl groups excluding tert-OH is 1. The SMILES string of the molecule is CC1CC(O)CN1CC=C1CCC1. The van der Waals surface area contributed by atoms with Crippen LogP contribution in [0.15, 0.2) is 11.6 Å². The highest BCUT2D eigenvalue weighted by Crippen LogP contribution is 2.25. The lowest BCUT2D eigenvalue weighted by molar-refractivity contribution is 0.179. The van der Waals surface area contributed by atoms with E-state index in [1.165, 1.54) is 19.3 Å². The zero-order chi connectivity index (χ0) is 9.26. The van der Waals surface area contributed by atoms with Gasteiger partial charge in [-0.3, -0.25) is 4.90 Å². The van der Waals surface area contributed by atoms with Gasteiger partial charge in [0.15, 0.2) is 0 Å². The molecule has 0 aromatic heterocycles. The second kappa shape index (κ2) is 3.81. The van der Waals surface area contributed by atoms with Crippen LogP contribution in [-0.4, -0.2) is 35.2 Å². The van der Waals surface area contributed by atoms with E-state index in [1.54, 1.807) is 5.57 Å². The van der Waals surface area contributed by atoms with Gasteiger partial charge in [0.05, 0.1) is 6.10 Å². The Labute approximate surface area is 80.2 Å². The highest BCUT2D eigenvalue weighted by Gasteiger charge is 2.26. The average Bonchev–Trinajstić information content (AvgIpc) is 2.27. The van der Waals surface area contributed by atoms with Crippen LogP contribution in [0.4, 0.5) is 0 Å². The molecule has 0 spiro atoms. The molecule has 2 fully saturated rings. The average molecular weight is 181 g/mol. The van der Waals surface area contributed by atoms with Gasteiger partial charge >= 0.3 is 0 Å². The van der Waals surface area contributed by atoms with Crippen molar-refractivity contribution in [2.75, 3.05) is 13.1 Å². The van der Waals surface area contributed by atoms with Crippen LogP contribution < -0.4 is 0 Å². The first kappa shape index (κ1) is 9.22. The van der Waals surface area contributed by atoms with Crippen LogP contribution in [0, 0.1) is 0 Å². The van der Waals surface area contributed by atoms with Gasteiger partial charge < -0.3 is 5.11 Å². The molecule has 1 N–H and O–H groups in total. The van der Waals surface area contributed by atoms with Crippen LogP contribution >= 0.6 is 0 Å². The lowest BCUT2D eigenvalue weighted by Crippen LogP contribution is -2.28. The summed E-state index contributed by atoms with van der Waals surface area (Å²) in [6, 6.07) is 0.562. The fourth-order valence-electron chi connectivity index (χ4n) is 2.15. The smallest absolute Gasteiger partial charge is 0.0682 e. The topological polar surface area (TPSA) is 23.5 Å². The van der Waals surface area contributed by atoms with E-state index in [-0.39, 0.29) is 6.10 Å². The third kappa shape index (κ3) is 2.12. The molecule has 0 aromatic carbocycles. The molecule has 74 valence electrons. The minimum absolute atomic E-state index is 0.0882. The molecule has 0 radical (unpaired) electrons. The molecule has 1 saturated carbocycles. The van der Waals surface area contributed by atoms with E-state index in [4.69, 9.17) is 0 Å². The van der Waals surface area contributed by atoms with Gasteiger partial charge in [-0.25, -0.2) is 0 Å². The first-order chi connectivity index (χ1) is 6.25. The van der Waals surface area contributed by atoms with Crippen LogP contribution in [0.1, 0.15) is 32.6 Å². The summed E-state index contributed by atoms with van der Waals surface area (Å²) in [6.45, 7) is 4.12. The van der Waals surface area contributed by atoms with Gasteiger partial charge in [0.25, 0.3) is 0 Å². The van der Waals surface area contributed by atoms with Crippen molar-refractivity contribution in [3.8, 4) is 0 Å². The van der Waals surface area contributed by atoms with Crippen LogP contribution in [0.2, 0.25) is 0 Å². The maximum atomic E-state index is 9.44. The molecular weight excluding hydrogens is 162 g/mol. The van der Waals surface area contributed by atoms with Crippen molar-refractivity contribution in [1.29, 1.82) is 0 Å². The molecular formula is C11H19NO. The molecule has 2 rings (SSSR count). The van der Waals surface area contributed by atoms with Crippen LogP contribution in [0.25, 0.3) is 0 Å². The van der Waals surface area contributed by atoms with E-state index in [0.717, 1.165) is 19.5 Å². The summed E-state index contributed by atoms with van der Waals surface area (Å²) >= 11 is 0. The Morgan fingerprint density at radius 2 is 2.31 bits per heavy atom. The Morgan fingerprint density at radius 1 is 1.54 bits per heavy atom. The van der Waals surface area contributed by atoms with Gasteiger partial charge in [0, 0.05) is 19.1 Å². The molecule has 0 aromatic rings. The number of hydrogen-bond donors (Lipinski definition) is 1. The Hall–Kier alpha value is -0.340. The maximum Gasteiger partial charge on any atom is 0.0682 e. The van der Waals surface area contributed by atoms with E-state index in [9.17, 15) is 5.11 Å².